The summed E-state index contributed by atoms with van der Waals surface area (Å²) in [6.07, 6.45) is 8.75. The highest BCUT2D eigenvalue weighted by molar-refractivity contribution is 6.30. The Balaban J connectivity index is 1.55. The van der Waals surface area contributed by atoms with Crippen LogP contribution in [-0.4, -0.2) is 38.1 Å². The summed E-state index contributed by atoms with van der Waals surface area (Å²) in [5, 5.41) is 11.3. The Labute approximate surface area is 188 Å². The van der Waals surface area contributed by atoms with Crippen LogP contribution in [0.3, 0.4) is 0 Å². The third-order valence-corrected chi connectivity index (χ3v) is 6.74. The number of benzene rings is 1. The fraction of sp³-hybridized carbons (Fsp3) is 0.522. The highest BCUT2D eigenvalue weighted by Crippen LogP contribution is 2.34. The van der Waals surface area contributed by atoms with E-state index in [0.717, 1.165) is 67.1 Å². The minimum Gasteiger partial charge on any atom is -0.349 e. The molecular formula is C23H30ClN7. The number of anilines is 3. The van der Waals surface area contributed by atoms with E-state index in [1.54, 1.807) is 0 Å². The molecule has 8 heteroatoms. The van der Waals surface area contributed by atoms with Crippen molar-refractivity contribution >= 4 is 40.3 Å². The lowest BCUT2D eigenvalue weighted by Crippen LogP contribution is -2.32. The van der Waals surface area contributed by atoms with Gasteiger partial charge in [-0.2, -0.15) is 4.98 Å². The van der Waals surface area contributed by atoms with Crippen LogP contribution in [0.5, 0.6) is 0 Å². The van der Waals surface area contributed by atoms with Gasteiger partial charge in [-0.25, -0.2) is 9.97 Å². The van der Waals surface area contributed by atoms with E-state index >= 15 is 0 Å². The Morgan fingerprint density at radius 3 is 2.65 bits per heavy atom. The molecule has 0 bridgehead atoms. The van der Waals surface area contributed by atoms with E-state index < -0.39 is 0 Å². The van der Waals surface area contributed by atoms with Crippen molar-refractivity contribution in [1.82, 2.24) is 24.8 Å². The van der Waals surface area contributed by atoms with E-state index in [-0.39, 0.29) is 5.54 Å². The summed E-state index contributed by atoms with van der Waals surface area (Å²) < 4.78 is 2.26. The zero-order valence-corrected chi connectivity index (χ0v) is 19.0. The predicted molar refractivity (Wildman–Crippen MR) is 126 cm³/mol. The number of hydrogen-bond acceptors (Lipinski definition) is 6. The van der Waals surface area contributed by atoms with Gasteiger partial charge in [0.2, 0.25) is 11.9 Å². The Kier molecular flexibility index (Phi) is 5.48. The molecule has 0 unspecified atom stereocenters. The molecule has 2 fully saturated rings. The number of nitrogens with one attached hydrogen (secondary N) is 3. The summed E-state index contributed by atoms with van der Waals surface area (Å²) in [4.78, 5) is 14.4. The largest absolute Gasteiger partial charge is 0.349 e. The number of aryl methyl sites for hydroxylation is 1. The van der Waals surface area contributed by atoms with Crippen LogP contribution >= 0.6 is 11.6 Å². The van der Waals surface area contributed by atoms with Crippen molar-refractivity contribution in [1.29, 1.82) is 0 Å². The molecule has 31 heavy (non-hydrogen) atoms. The summed E-state index contributed by atoms with van der Waals surface area (Å²) in [7, 11) is 0. The van der Waals surface area contributed by atoms with Crippen LogP contribution in [0, 0.1) is 6.92 Å². The smallest absolute Gasteiger partial charge is 0.225 e. The normalized spacial score (nSPS) is 19.1. The number of rotatable bonds is 5. The van der Waals surface area contributed by atoms with Crippen molar-refractivity contribution in [2.45, 2.75) is 64.0 Å². The number of hydrogen-bond donors (Lipinski definition) is 3. The first kappa shape index (κ1) is 20.5. The molecule has 0 atom stereocenters. The minimum atomic E-state index is 0.0761. The fourth-order valence-electron chi connectivity index (χ4n) is 4.94. The molecule has 164 valence electrons. The van der Waals surface area contributed by atoms with E-state index in [0.29, 0.717) is 17.0 Å². The minimum absolute atomic E-state index is 0.0761. The van der Waals surface area contributed by atoms with Gasteiger partial charge in [0.25, 0.3) is 0 Å². The van der Waals surface area contributed by atoms with Crippen LogP contribution in [0.2, 0.25) is 5.02 Å². The van der Waals surface area contributed by atoms with Crippen molar-refractivity contribution in [2.24, 2.45) is 0 Å². The van der Waals surface area contributed by atoms with Gasteiger partial charge >= 0.3 is 0 Å². The number of fused-ring (bicyclic) bond motifs is 1. The van der Waals surface area contributed by atoms with Crippen LogP contribution in [0.4, 0.5) is 17.6 Å². The average Bonchev–Trinajstić information content (AvgIpc) is 3.31. The van der Waals surface area contributed by atoms with E-state index in [9.17, 15) is 0 Å². The molecule has 3 N–H and O–H groups in total. The number of piperidine rings is 1. The van der Waals surface area contributed by atoms with Gasteiger partial charge in [0.15, 0.2) is 5.65 Å². The molecule has 2 aromatic heterocycles. The molecular weight excluding hydrogens is 410 g/mol. The lowest BCUT2D eigenvalue weighted by Gasteiger charge is -2.27. The first-order valence-electron chi connectivity index (χ1n) is 11.3. The highest BCUT2D eigenvalue weighted by Gasteiger charge is 2.30. The van der Waals surface area contributed by atoms with Crippen LogP contribution in [-0.2, 0) is 0 Å². The van der Waals surface area contributed by atoms with Gasteiger partial charge in [-0.3, -0.25) is 4.57 Å². The molecule has 0 spiro atoms. The Morgan fingerprint density at radius 1 is 1.13 bits per heavy atom. The number of halogens is 1. The molecule has 5 rings (SSSR count). The molecule has 1 aromatic carbocycles. The SMILES string of the molecule is Cc1cc(Cl)cc(Nc2nc3cnc(NC4(C)CCCC4)nc3n2C2CCNCC2)c1. The average molecular weight is 440 g/mol. The Bertz CT molecular complexity index is 1060. The maximum absolute atomic E-state index is 6.29. The lowest BCUT2D eigenvalue weighted by molar-refractivity contribution is 0.376. The molecule has 0 amide bonds. The fourth-order valence-corrected chi connectivity index (χ4v) is 5.23. The van der Waals surface area contributed by atoms with Gasteiger partial charge in [-0.1, -0.05) is 24.4 Å². The van der Waals surface area contributed by atoms with Gasteiger partial charge in [-0.05, 0) is 76.4 Å². The molecule has 7 nitrogen and oxygen atoms in total. The molecule has 0 radical (unpaired) electrons. The van der Waals surface area contributed by atoms with Gasteiger partial charge in [-0.15, -0.1) is 0 Å². The van der Waals surface area contributed by atoms with Crippen molar-refractivity contribution in [2.75, 3.05) is 23.7 Å². The number of imidazole rings is 1. The molecule has 2 aliphatic rings. The Morgan fingerprint density at radius 2 is 1.90 bits per heavy atom. The van der Waals surface area contributed by atoms with Gasteiger partial charge in [0, 0.05) is 22.3 Å². The molecule has 1 saturated heterocycles. The predicted octanol–water partition coefficient (Wildman–Crippen LogP) is 5.20. The lowest BCUT2D eigenvalue weighted by atomic mass is 10.0. The van der Waals surface area contributed by atoms with E-state index in [4.69, 9.17) is 21.6 Å². The Hall–Kier alpha value is -2.38. The van der Waals surface area contributed by atoms with Crippen LogP contribution in [0.25, 0.3) is 11.2 Å². The standard InChI is InChI=1S/C23H30ClN7/c1-15-11-16(24)13-17(12-15)27-22-28-19-14-26-21(30-23(2)7-3-4-8-23)29-20(19)31(22)18-5-9-25-10-6-18/h11-14,18,25H,3-10H2,1-2H3,(H,27,28)(H,26,29,30). The maximum atomic E-state index is 6.29. The third kappa shape index (κ3) is 4.34. The van der Waals surface area contributed by atoms with E-state index in [1.807, 2.05) is 25.3 Å². The van der Waals surface area contributed by atoms with Crippen molar-refractivity contribution in [3.05, 3.63) is 35.0 Å². The third-order valence-electron chi connectivity index (χ3n) is 6.53. The summed E-state index contributed by atoms with van der Waals surface area (Å²) in [5.41, 5.74) is 3.80. The first-order valence-corrected chi connectivity index (χ1v) is 11.7. The topological polar surface area (TPSA) is 79.7 Å². The maximum Gasteiger partial charge on any atom is 0.225 e. The summed E-state index contributed by atoms with van der Waals surface area (Å²) >= 11 is 6.29. The van der Waals surface area contributed by atoms with Gasteiger partial charge < -0.3 is 16.0 Å². The second-order valence-corrected chi connectivity index (χ2v) is 9.66. The van der Waals surface area contributed by atoms with E-state index in [1.165, 1.54) is 12.8 Å². The van der Waals surface area contributed by atoms with Crippen LogP contribution < -0.4 is 16.0 Å². The second-order valence-electron chi connectivity index (χ2n) is 9.22. The zero-order chi connectivity index (χ0) is 21.4. The molecule has 1 aliphatic carbocycles. The quantitative estimate of drug-likeness (QED) is 0.507. The van der Waals surface area contributed by atoms with E-state index in [2.05, 4.69) is 38.5 Å². The number of aromatic nitrogens is 4. The molecule has 1 aliphatic heterocycles. The summed E-state index contributed by atoms with van der Waals surface area (Å²) in [6, 6.07) is 6.30. The monoisotopic (exact) mass is 439 g/mol. The van der Waals surface area contributed by atoms with Crippen molar-refractivity contribution < 1.29 is 0 Å². The van der Waals surface area contributed by atoms with Gasteiger partial charge in [0.1, 0.15) is 5.52 Å². The first-order chi connectivity index (χ1) is 15.0. The van der Waals surface area contributed by atoms with Crippen molar-refractivity contribution in [3.8, 4) is 0 Å². The van der Waals surface area contributed by atoms with Crippen molar-refractivity contribution in [3.63, 3.8) is 0 Å². The number of nitrogens with zero attached hydrogens (tertiary/aromatic N) is 4. The zero-order valence-electron chi connectivity index (χ0n) is 18.2. The second kappa shape index (κ2) is 8.28. The molecule has 1 saturated carbocycles. The highest BCUT2D eigenvalue weighted by atomic mass is 35.5. The van der Waals surface area contributed by atoms with Gasteiger partial charge in [0.05, 0.1) is 6.20 Å². The van der Waals surface area contributed by atoms with Crippen LogP contribution in [0.1, 0.15) is 57.1 Å². The molecule has 3 heterocycles. The summed E-state index contributed by atoms with van der Waals surface area (Å²) in [6.45, 7) is 6.30. The molecule has 3 aromatic rings. The summed E-state index contributed by atoms with van der Waals surface area (Å²) in [5.74, 6) is 1.49. The van der Waals surface area contributed by atoms with Crippen LogP contribution in [0.15, 0.2) is 24.4 Å².